The van der Waals surface area contributed by atoms with Crippen LogP contribution in [0.1, 0.15) is 27.0 Å². The number of benzene rings is 1. The molecular weight excluding hydrogens is 532 g/mol. The maximum Gasteiger partial charge on any atom is 0.573 e. The van der Waals surface area contributed by atoms with Gasteiger partial charge in [0.05, 0.1) is 11.1 Å². The molecule has 0 spiro atoms. The van der Waals surface area contributed by atoms with Crippen LogP contribution < -0.4 is 20.1 Å². The Morgan fingerprint density at radius 1 is 1.05 bits per heavy atom. The third-order valence-electron chi connectivity index (χ3n) is 5.19. The summed E-state index contributed by atoms with van der Waals surface area (Å²) in [5.74, 6) is -1.83. The number of carbonyl (C=O) groups is 1. The lowest BCUT2D eigenvalue weighted by Crippen LogP contribution is -2.24. The molecule has 0 unspecified atom stereocenters. The number of anilines is 2. The monoisotopic (exact) mass is 547 g/mol. The Morgan fingerprint density at radius 2 is 1.78 bits per heavy atom. The number of halogens is 6. The first-order valence-corrected chi connectivity index (χ1v) is 11.7. The minimum Gasteiger partial charge on any atom is -0.405 e. The largest absolute Gasteiger partial charge is 0.573 e. The van der Waals surface area contributed by atoms with E-state index in [1.807, 2.05) is 0 Å². The molecule has 3 heterocycles. The Morgan fingerprint density at radius 3 is 2.43 bits per heavy atom. The van der Waals surface area contributed by atoms with Crippen LogP contribution in [-0.4, -0.2) is 30.7 Å². The van der Waals surface area contributed by atoms with Gasteiger partial charge in [0.25, 0.3) is 15.9 Å². The predicted molar refractivity (Wildman–Crippen MR) is 116 cm³/mol. The third kappa shape index (κ3) is 5.91. The number of sulfonamides is 1. The summed E-state index contributed by atoms with van der Waals surface area (Å²) < 4.78 is 106. The minimum absolute atomic E-state index is 0.0755. The molecule has 196 valence electrons. The maximum atomic E-state index is 13.4. The van der Waals surface area contributed by atoms with Gasteiger partial charge in [-0.2, -0.15) is 13.2 Å². The van der Waals surface area contributed by atoms with Crippen LogP contribution in [0.5, 0.6) is 5.75 Å². The summed E-state index contributed by atoms with van der Waals surface area (Å²) in [6.07, 6.45) is -8.33. The van der Waals surface area contributed by atoms with Crippen molar-refractivity contribution in [3.8, 4) is 5.75 Å². The number of fused-ring (bicyclic) bond motifs is 1. The Balaban J connectivity index is 1.71. The van der Waals surface area contributed by atoms with Crippen molar-refractivity contribution < 1.29 is 44.3 Å². The third-order valence-corrected chi connectivity index (χ3v) is 5.99. The number of carbonyl (C=O) groups excluding carboxylic acids is 1. The highest BCUT2D eigenvalue weighted by molar-refractivity contribution is 7.89. The quantitative estimate of drug-likeness (QED) is 0.465. The van der Waals surface area contributed by atoms with Crippen LogP contribution in [0.2, 0.25) is 0 Å². The fourth-order valence-electron chi connectivity index (χ4n) is 3.63. The summed E-state index contributed by atoms with van der Waals surface area (Å²) in [5, 5.41) is 6.68. The van der Waals surface area contributed by atoms with E-state index in [2.05, 4.69) is 20.0 Å². The molecule has 37 heavy (non-hydrogen) atoms. The van der Waals surface area contributed by atoms with E-state index in [1.54, 1.807) is 0 Å². The lowest BCUT2D eigenvalue weighted by atomic mass is 10.1. The van der Waals surface area contributed by atoms with E-state index in [4.69, 9.17) is 5.14 Å². The molecule has 2 aromatic heterocycles. The van der Waals surface area contributed by atoms with Gasteiger partial charge in [0, 0.05) is 42.8 Å². The van der Waals surface area contributed by atoms with Crippen molar-refractivity contribution in [2.24, 2.45) is 5.14 Å². The van der Waals surface area contributed by atoms with Gasteiger partial charge in [0.2, 0.25) is 0 Å². The fraction of sp³-hybridized carbons (Fsp3) is 0.190. The number of hydrogen-bond donors (Lipinski definition) is 2. The number of primary sulfonamides is 1. The number of pyridine rings is 2. The number of hydrogen-bond acceptors (Lipinski definition) is 7. The van der Waals surface area contributed by atoms with Crippen LogP contribution in [0.15, 0.2) is 53.8 Å². The standard InChI is InChI=1S/C21H15F6N5O4S/c22-20(23,24)12-6-14(19(33)31-13-4-5-29-17(7-13)37(28,34)35)18(30-8-12)32-9-11-2-1-3-16(15(11)10-32)36-21(25,26)27/h1-8H,9-10H2,(H2,28,34,35)(H,29,31,33). The first-order valence-electron chi connectivity index (χ1n) is 10.1. The van der Waals surface area contributed by atoms with Gasteiger partial charge in [-0.05, 0) is 23.8 Å². The van der Waals surface area contributed by atoms with Crippen molar-refractivity contribution >= 4 is 27.4 Å². The average molecular weight is 547 g/mol. The lowest BCUT2D eigenvalue weighted by molar-refractivity contribution is -0.274. The fourth-order valence-corrected chi connectivity index (χ4v) is 4.13. The van der Waals surface area contributed by atoms with Crippen molar-refractivity contribution in [3.05, 3.63) is 71.0 Å². The average Bonchev–Trinajstić information content (AvgIpc) is 3.22. The summed E-state index contributed by atoms with van der Waals surface area (Å²) in [4.78, 5) is 21.7. The van der Waals surface area contributed by atoms with Crippen LogP contribution >= 0.6 is 0 Å². The molecule has 1 aromatic carbocycles. The zero-order valence-corrected chi connectivity index (χ0v) is 19.1. The molecule has 16 heteroatoms. The van der Waals surface area contributed by atoms with Crippen LogP contribution in [0, 0.1) is 0 Å². The Kier molecular flexibility index (Phi) is 6.49. The molecule has 4 rings (SSSR count). The highest BCUT2D eigenvalue weighted by Crippen LogP contribution is 2.38. The van der Waals surface area contributed by atoms with Gasteiger partial charge in [-0.3, -0.25) is 4.79 Å². The number of alkyl halides is 6. The smallest absolute Gasteiger partial charge is 0.405 e. The summed E-state index contributed by atoms with van der Waals surface area (Å²) in [6, 6.07) is 6.55. The van der Waals surface area contributed by atoms with Crippen molar-refractivity contribution in [1.29, 1.82) is 0 Å². The van der Waals surface area contributed by atoms with Gasteiger partial charge in [-0.15, -0.1) is 13.2 Å². The Labute approximate surface area is 204 Å². The van der Waals surface area contributed by atoms with Gasteiger partial charge >= 0.3 is 12.5 Å². The van der Waals surface area contributed by atoms with Crippen molar-refractivity contribution in [1.82, 2.24) is 9.97 Å². The van der Waals surface area contributed by atoms with Crippen molar-refractivity contribution in [2.75, 3.05) is 10.2 Å². The molecule has 9 nitrogen and oxygen atoms in total. The molecule has 1 amide bonds. The van der Waals surface area contributed by atoms with Crippen LogP contribution in [-0.2, 0) is 29.3 Å². The highest BCUT2D eigenvalue weighted by atomic mass is 32.2. The van der Waals surface area contributed by atoms with E-state index in [1.165, 1.54) is 23.1 Å². The zero-order valence-electron chi connectivity index (χ0n) is 18.3. The molecule has 0 saturated heterocycles. The molecule has 3 aromatic rings. The van der Waals surface area contributed by atoms with E-state index in [0.29, 0.717) is 17.8 Å². The first kappa shape index (κ1) is 26.2. The van der Waals surface area contributed by atoms with Gasteiger partial charge < -0.3 is 15.0 Å². The normalized spacial score (nSPS) is 13.9. The molecule has 1 aliphatic rings. The molecule has 0 atom stereocenters. The summed E-state index contributed by atoms with van der Waals surface area (Å²) >= 11 is 0. The van der Waals surface area contributed by atoms with E-state index >= 15 is 0 Å². The van der Waals surface area contributed by atoms with Gasteiger partial charge in [-0.25, -0.2) is 23.5 Å². The van der Waals surface area contributed by atoms with E-state index < -0.39 is 50.4 Å². The van der Waals surface area contributed by atoms with Gasteiger partial charge in [0.15, 0.2) is 5.03 Å². The topological polar surface area (TPSA) is 128 Å². The summed E-state index contributed by atoms with van der Waals surface area (Å²) in [5.41, 5.74) is -1.44. The molecule has 0 fully saturated rings. The van der Waals surface area contributed by atoms with Gasteiger partial charge in [-0.1, -0.05) is 12.1 Å². The number of nitrogens with zero attached hydrogens (tertiary/aromatic N) is 3. The Bertz CT molecular complexity index is 1480. The molecular formula is C21H15F6N5O4S. The number of amides is 1. The lowest BCUT2D eigenvalue weighted by Gasteiger charge is -2.21. The molecule has 0 aliphatic carbocycles. The summed E-state index contributed by atoms with van der Waals surface area (Å²) in [7, 11) is -4.24. The van der Waals surface area contributed by atoms with Crippen LogP contribution in [0.25, 0.3) is 0 Å². The maximum absolute atomic E-state index is 13.4. The van der Waals surface area contributed by atoms with E-state index in [-0.39, 0.29) is 30.2 Å². The summed E-state index contributed by atoms with van der Waals surface area (Å²) in [6.45, 7) is -0.321. The number of aromatic nitrogens is 2. The molecule has 1 aliphatic heterocycles. The van der Waals surface area contributed by atoms with Crippen LogP contribution in [0.3, 0.4) is 0 Å². The van der Waals surface area contributed by atoms with Crippen LogP contribution in [0.4, 0.5) is 37.8 Å². The van der Waals surface area contributed by atoms with Gasteiger partial charge in [0.1, 0.15) is 11.6 Å². The van der Waals surface area contributed by atoms with Crippen molar-refractivity contribution in [2.45, 2.75) is 30.7 Å². The number of ether oxygens (including phenoxy) is 1. The van der Waals surface area contributed by atoms with E-state index in [0.717, 1.165) is 18.3 Å². The zero-order chi connectivity index (χ0) is 27.2. The number of nitrogens with one attached hydrogen (secondary N) is 1. The highest BCUT2D eigenvalue weighted by Gasteiger charge is 2.36. The molecule has 0 bridgehead atoms. The number of nitrogens with two attached hydrogens (primary N) is 1. The van der Waals surface area contributed by atoms with E-state index in [9.17, 15) is 39.6 Å². The van der Waals surface area contributed by atoms with Crippen molar-refractivity contribution in [3.63, 3.8) is 0 Å². The predicted octanol–water partition coefficient (Wildman–Crippen LogP) is 3.81. The number of rotatable bonds is 5. The second-order valence-electron chi connectivity index (χ2n) is 7.77. The minimum atomic E-state index is -4.97. The molecule has 0 saturated carbocycles. The second-order valence-corrected chi connectivity index (χ2v) is 9.28. The molecule has 0 radical (unpaired) electrons. The SMILES string of the molecule is NS(=O)(=O)c1cc(NC(=O)c2cc(C(F)(F)F)cnc2N2Cc3cccc(OC(F)(F)F)c3C2)ccn1. The second kappa shape index (κ2) is 9.19. The Hall–Kier alpha value is -3.92. The molecule has 3 N–H and O–H groups in total. The first-order chi connectivity index (χ1) is 17.1.